The zero-order chi connectivity index (χ0) is 4.99. The monoisotopic (exact) mass is 149 g/mol. The molecule has 1 nitrogen and oxygen atoms in total. The normalized spacial score (nSPS) is 12.2. The van der Waals surface area contributed by atoms with Crippen LogP contribution in [0.15, 0.2) is 10.6 Å². The Hall–Kier alpha value is 0.180. The highest BCUT2D eigenvalue weighted by Gasteiger charge is 1.74. The molecular weight excluding hydrogens is 142 g/mol. The van der Waals surface area contributed by atoms with Crippen LogP contribution in [0.25, 0.3) is 0 Å². The Morgan fingerprint density at radius 3 is 2.50 bits per heavy atom. The standard InChI is InChI=1S/C4H8BrN/c1-4(2-5)3-6/h2H,3,6H2,1H3. The first kappa shape index (κ1) is 6.18. The van der Waals surface area contributed by atoms with Gasteiger partial charge >= 0.3 is 0 Å². The fourth-order valence-corrected chi connectivity index (χ4v) is 0.231. The average Bonchev–Trinajstić information content (AvgIpc) is 1.65. The quantitative estimate of drug-likeness (QED) is 0.597. The number of hydrogen-bond acceptors (Lipinski definition) is 1. The van der Waals surface area contributed by atoms with E-state index in [2.05, 4.69) is 15.9 Å². The highest BCUT2D eigenvalue weighted by atomic mass is 79.9. The van der Waals surface area contributed by atoms with Crippen LogP contribution < -0.4 is 5.73 Å². The van der Waals surface area contributed by atoms with Crippen molar-refractivity contribution in [1.29, 1.82) is 0 Å². The van der Waals surface area contributed by atoms with Crippen LogP contribution in [0, 0.1) is 0 Å². The molecule has 2 heteroatoms. The SMILES string of the molecule is CC(=CBr)CN. The van der Waals surface area contributed by atoms with E-state index in [1.165, 1.54) is 0 Å². The van der Waals surface area contributed by atoms with Crippen molar-refractivity contribution in [2.24, 2.45) is 5.73 Å². The predicted molar refractivity (Wildman–Crippen MR) is 31.7 cm³/mol. The Labute approximate surface area is 46.4 Å². The minimum atomic E-state index is 0.644. The van der Waals surface area contributed by atoms with Crippen molar-refractivity contribution in [2.75, 3.05) is 6.54 Å². The van der Waals surface area contributed by atoms with Gasteiger partial charge in [-0.1, -0.05) is 21.5 Å². The molecule has 0 atom stereocenters. The molecule has 0 aliphatic heterocycles. The van der Waals surface area contributed by atoms with Crippen molar-refractivity contribution in [3.05, 3.63) is 10.6 Å². The molecule has 0 aromatic rings. The maximum atomic E-state index is 5.18. The van der Waals surface area contributed by atoms with E-state index in [0.29, 0.717) is 6.54 Å². The van der Waals surface area contributed by atoms with Gasteiger partial charge in [0.05, 0.1) is 0 Å². The molecule has 0 rings (SSSR count). The first-order valence-corrected chi connectivity index (χ1v) is 2.68. The molecule has 0 saturated heterocycles. The summed E-state index contributed by atoms with van der Waals surface area (Å²) in [5.74, 6) is 0. The van der Waals surface area contributed by atoms with Crippen LogP contribution in [0.5, 0.6) is 0 Å². The fourth-order valence-electron chi connectivity index (χ4n) is 0.0445. The van der Waals surface area contributed by atoms with Crippen LogP contribution in [0.2, 0.25) is 0 Å². The summed E-state index contributed by atoms with van der Waals surface area (Å²) in [6, 6.07) is 0. The van der Waals surface area contributed by atoms with Gasteiger partial charge in [-0.3, -0.25) is 0 Å². The molecule has 6 heavy (non-hydrogen) atoms. The van der Waals surface area contributed by atoms with E-state index in [4.69, 9.17) is 5.73 Å². The van der Waals surface area contributed by atoms with Crippen molar-refractivity contribution in [3.63, 3.8) is 0 Å². The zero-order valence-corrected chi connectivity index (χ0v) is 5.33. The Morgan fingerprint density at radius 2 is 2.50 bits per heavy atom. The molecule has 0 heterocycles. The summed E-state index contributed by atoms with van der Waals surface area (Å²) >= 11 is 3.13. The Kier molecular flexibility index (Phi) is 3.47. The van der Waals surface area contributed by atoms with Gasteiger partial charge in [0, 0.05) is 6.54 Å². The summed E-state index contributed by atoms with van der Waals surface area (Å²) in [6.45, 7) is 2.61. The van der Waals surface area contributed by atoms with E-state index in [0.717, 1.165) is 5.57 Å². The van der Waals surface area contributed by atoms with Crippen LogP contribution in [0.3, 0.4) is 0 Å². The first-order chi connectivity index (χ1) is 2.81. The minimum Gasteiger partial charge on any atom is -0.327 e. The highest BCUT2D eigenvalue weighted by molar-refractivity contribution is 9.11. The fraction of sp³-hybridized carbons (Fsp3) is 0.500. The van der Waals surface area contributed by atoms with E-state index in [-0.39, 0.29) is 0 Å². The van der Waals surface area contributed by atoms with Crippen molar-refractivity contribution >= 4 is 15.9 Å². The number of rotatable bonds is 1. The molecule has 0 amide bonds. The lowest BCUT2D eigenvalue weighted by atomic mass is 10.4. The third kappa shape index (κ3) is 2.42. The Morgan fingerprint density at radius 1 is 2.00 bits per heavy atom. The van der Waals surface area contributed by atoms with E-state index in [1.54, 1.807) is 0 Å². The first-order valence-electron chi connectivity index (χ1n) is 1.77. The average molecular weight is 150 g/mol. The van der Waals surface area contributed by atoms with Gasteiger partial charge in [-0.15, -0.1) is 0 Å². The summed E-state index contributed by atoms with van der Waals surface area (Å²) in [5.41, 5.74) is 6.35. The molecule has 0 spiro atoms. The lowest BCUT2D eigenvalue weighted by molar-refractivity contribution is 1.15. The summed E-state index contributed by atoms with van der Waals surface area (Å²) in [7, 11) is 0. The smallest absolute Gasteiger partial charge is 0.0142 e. The van der Waals surface area contributed by atoms with Gasteiger partial charge in [0.1, 0.15) is 0 Å². The van der Waals surface area contributed by atoms with Crippen LogP contribution in [-0.4, -0.2) is 6.54 Å². The largest absolute Gasteiger partial charge is 0.327 e. The molecule has 0 saturated carbocycles. The van der Waals surface area contributed by atoms with Crippen LogP contribution >= 0.6 is 15.9 Å². The van der Waals surface area contributed by atoms with Gasteiger partial charge in [-0.2, -0.15) is 0 Å². The number of nitrogens with two attached hydrogens (primary N) is 1. The molecule has 2 N–H and O–H groups in total. The topological polar surface area (TPSA) is 26.0 Å². The van der Waals surface area contributed by atoms with E-state index in [1.807, 2.05) is 11.9 Å². The third-order valence-corrected chi connectivity index (χ3v) is 1.29. The second kappa shape index (κ2) is 3.37. The van der Waals surface area contributed by atoms with Crippen molar-refractivity contribution in [1.82, 2.24) is 0 Å². The Balaban J connectivity index is 3.22. The van der Waals surface area contributed by atoms with E-state index >= 15 is 0 Å². The van der Waals surface area contributed by atoms with E-state index in [9.17, 15) is 0 Å². The second-order valence-electron chi connectivity index (χ2n) is 1.16. The maximum Gasteiger partial charge on any atom is 0.0142 e. The van der Waals surface area contributed by atoms with Crippen LogP contribution in [-0.2, 0) is 0 Å². The minimum absolute atomic E-state index is 0.644. The summed E-state index contributed by atoms with van der Waals surface area (Å²) in [4.78, 5) is 1.83. The summed E-state index contributed by atoms with van der Waals surface area (Å²) in [5, 5.41) is 0. The number of hydrogen-bond donors (Lipinski definition) is 1. The van der Waals surface area contributed by atoms with Crippen molar-refractivity contribution in [3.8, 4) is 0 Å². The Bertz CT molecular complexity index is 58.6. The van der Waals surface area contributed by atoms with Crippen molar-refractivity contribution < 1.29 is 0 Å². The molecular formula is C4H8BrN. The molecule has 0 unspecified atom stereocenters. The van der Waals surface area contributed by atoms with Gasteiger partial charge in [0.15, 0.2) is 0 Å². The predicted octanol–water partition coefficient (Wildman–Crippen LogP) is 1.24. The molecule has 0 aromatic heterocycles. The van der Waals surface area contributed by atoms with Gasteiger partial charge in [-0.25, -0.2) is 0 Å². The summed E-state index contributed by atoms with van der Waals surface area (Å²) < 4.78 is 0. The van der Waals surface area contributed by atoms with Gasteiger partial charge < -0.3 is 5.73 Å². The zero-order valence-electron chi connectivity index (χ0n) is 3.74. The van der Waals surface area contributed by atoms with Gasteiger partial charge in [0.25, 0.3) is 0 Å². The van der Waals surface area contributed by atoms with Gasteiger partial charge in [-0.05, 0) is 11.9 Å². The van der Waals surface area contributed by atoms with Crippen molar-refractivity contribution in [2.45, 2.75) is 6.92 Å². The van der Waals surface area contributed by atoms with Crippen LogP contribution in [0.4, 0.5) is 0 Å². The van der Waals surface area contributed by atoms with Gasteiger partial charge in [0.2, 0.25) is 0 Å². The second-order valence-corrected chi connectivity index (χ2v) is 1.62. The maximum absolute atomic E-state index is 5.18. The molecule has 0 radical (unpaired) electrons. The lowest BCUT2D eigenvalue weighted by Crippen LogP contribution is -1.97. The van der Waals surface area contributed by atoms with E-state index < -0.39 is 0 Å². The molecule has 0 aliphatic rings. The third-order valence-electron chi connectivity index (χ3n) is 0.508. The molecule has 0 bridgehead atoms. The van der Waals surface area contributed by atoms with Crippen LogP contribution in [0.1, 0.15) is 6.92 Å². The molecule has 36 valence electrons. The molecule has 0 aliphatic carbocycles. The highest BCUT2D eigenvalue weighted by Crippen LogP contribution is 1.91. The molecule has 0 fully saturated rings. The molecule has 0 aromatic carbocycles. The lowest BCUT2D eigenvalue weighted by Gasteiger charge is -1.84. The number of halogens is 1. The summed E-state index contributed by atoms with van der Waals surface area (Å²) in [6.07, 6.45) is 0.